The third-order valence-corrected chi connectivity index (χ3v) is 4.67. The highest BCUT2D eigenvalue weighted by Gasteiger charge is 2.31. The van der Waals surface area contributed by atoms with Crippen LogP contribution in [0.1, 0.15) is 24.8 Å². The maximum atomic E-state index is 14.0. The molecular weight excluding hydrogens is 333 g/mol. The molecule has 0 unspecified atom stereocenters. The minimum absolute atomic E-state index is 0.0221. The number of carbonyl (C=O) groups is 1. The number of fused-ring (bicyclic) bond motifs is 1. The van der Waals surface area contributed by atoms with E-state index in [2.05, 4.69) is 16.4 Å². The fourth-order valence-corrected chi connectivity index (χ4v) is 3.41. The molecule has 5 nitrogen and oxygen atoms in total. The van der Waals surface area contributed by atoms with Gasteiger partial charge in [-0.05, 0) is 31.4 Å². The zero-order valence-electron chi connectivity index (χ0n) is 13.0. The normalized spacial score (nSPS) is 19.9. The number of esters is 1. The third-order valence-electron chi connectivity index (χ3n) is 4.36. The Morgan fingerprint density at radius 2 is 2.29 bits per heavy atom. The molecule has 1 aliphatic rings. The van der Waals surface area contributed by atoms with Crippen LogP contribution in [0.25, 0.3) is 10.9 Å². The Morgan fingerprint density at radius 3 is 3.00 bits per heavy atom. The summed E-state index contributed by atoms with van der Waals surface area (Å²) >= 11 is 6.22. The molecule has 24 heavy (non-hydrogen) atoms. The highest BCUT2D eigenvalue weighted by atomic mass is 35.5. The van der Waals surface area contributed by atoms with Crippen LogP contribution in [0.3, 0.4) is 0 Å². The zero-order valence-corrected chi connectivity index (χ0v) is 13.7. The van der Waals surface area contributed by atoms with Gasteiger partial charge in [-0.25, -0.2) is 4.39 Å². The molecule has 1 aliphatic carbocycles. The Labute approximate surface area is 143 Å². The van der Waals surface area contributed by atoms with Crippen molar-refractivity contribution in [3.8, 4) is 6.07 Å². The Kier molecular flexibility index (Phi) is 4.54. The lowest BCUT2D eigenvalue weighted by molar-refractivity contribution is -0.145. The summed E-state index contributed by atoms with van der Waals surface area (Å²) in [5.74, 6) is -0.900. The molecule has 1 saturated carbocycles. The summed E-state index contributed by atoms with van der Waals surface area (Å²) in [6, 6.07) is 4.72. The topological polar surface area (TPSA) is 75.0 Å². The fraction of sp³-hybridized carbons (Fsp3) is 0.353. The van der Waals surface area contributed by atoms with E-state index in [0.717, 1.165) is 6.42 Å². The number of nitriles is 1. The fourth-order valence-electron chi connectivity index (χ4n) is 3.17. The second-order valence-corrected chi connectivity index (χ2v) is 6.19. The molecule has 1 aromatic carbocycles. The maximum absolute atomic E-state index is 14.0. The van der Waals surface area contributed by atoms with E-state index in [-0.39, 0.29) is 29.0 Å². The number of hydrogen-bond acceptors (Lipinski definition) is 5. The van der Waals surface area contributed by atoms with E-state index in [4.69, 9.17) is 16.3 Å². The first-order chi connectivity index (χ1) is 11.5. The number of ether oxygens (including phenoxy) is 1. The van der Waals surface area contributed by atoms with Crippen molar-refractivity contribution < 1.29 is 13.9 Å². The molecule has 2 aromatic rings. The molecule has 2 atom stereocenters. The number of methoxy groups -OCH3 is 1. The highest BCUT2D eigenvalue weighted by molar-refractivity contribution is 6.36. The number of halogens is 2. The van der Waals surface area contributed by atoms with E-state index in [1.54, 1.807) is 0 Å². The van der Waals surface area contributed by atoms with Crippen LogP contribution < -0.4 is 5.32 Å². The van der Waals surface area contributed by atoms with Gasteiger partial charge in [0, 0.05) is 17.6 Å². The largest absolute Gasteiger partial charge is 0.469 e. The summed E-state index contributed by atoms with van der Waals surface area (Å²) in [5.41, 5.74) is 0.866. The summed E-state index contributed by atoms with van der Waals surface area (Å²) < 4.78 is 18.8. The summed E-state index contributed by atoms with van der Waals surface area (Å²) in [7, 11) is 1.37. The predicted octanol–water partition coefficient (Wildman–Crippen LogP) is 3.65. The number of anilines is 1. The first-order valence-electron chi connectivity index (χ1n) is 7.56. The van der Waals surface area contributed by atoms with Crippen LogP contribution >= 0.6 is 11.6 Å². The SMILES string of the molecule is COC(=O)[C@H]1CC[C@@H](Nc2c(C#N)cnc3c(F)ccc(Cl)c23)C1. The smallest absolute Gasteiger partial charge is 0.308 e. The van der Waals surface area contributed by atoms with Gasteiger partial charge in [-0.1, -0.05) is 11.6 Å². The Hall–Kier alpha value is -2.39. The number of hydrogen-bond donors (Lipinski definition) is 1. The van der Waals surface area contributed by atoms with E-state index in [9.17, 15) is 14.4 Å². The molecule has 0 saturated heterocycles. The molecule has 7 heteroatoms. The third kappa shape index (κ3) is 2.87. The van der Waals surface area contributed by atoms with Crippen LogP contribution in [0.15, 0.2) is 18.3 Å². The lowest BCUT2D eigenvalue weighted by Gasteiger charge is -2.18. The summed E-state index contributed by atoms with van der Waals surface area (Å²) in [4.78, 5) is 15.7. The van der Waals surface area contributed by atoms with Crippen LogP contribution in [0, 0.1) is 23.1 Å². The minimum Gasteiger partial charge on any atom is -0.469 e. The number of carbonyl (C=O) groups excluding carboxylic acids is 1. The van der Waals surface area contributed by atoms with E-state index in [1.165, 1.54) is 25.4 Å². The summed E-state index contributed by atoms with van der Waals surface area (Å²) in [5, 5.41) is 13.3. The average molecular weight is 348 g/mol. The first kappa shape index (κ1) is 16.5. The van der Waals surface area contributed by atoms with Crippen LogP contribution in [-0.2, 0) is 9.53 Å². The molecule has 0 amide bonds. The van der Waals surface area contributed by atoms with Gasteiger partial charge in [0.2, 0.25) is 0 Å². The van der Waals surface area contributed by atoms with Crippen molar-refractivity contribution in [2.24, 2.45) is 5.92 Å². The standard InChI is InChI=1S/C17H15ClFN3O2/c1-24-17(23)9-2-3-11(6-9)22-15-10(7-20)8-21-16-13(19)5-4-12(18)14(15)16/h4-5,8-9,11H,2-3,6H2,1H3,(H,21,22)/t9-,11+/m0/s1. The molecular formula is C17H15ClFN3O2. The van der Waals surface area contributed by atoms with Gasteiger partial charge in [0.05, 0.1) is 29.3 Å². The van der Waals surface area contributed by atoms with Crippen LogP contribution in [0.2, 0.25) is 5.02 Å². The van der Waals surface area contributed by atoms with Crippen LogP contribution in [0.5, 0.6) is 0 Å². The number of nitrogens with one attached hydrogen (secondary N) is 1. The molecule has 0 radical (unpaired) electrons. The van der Waals surface area contributed by atoms with Gasteiger partial charge < -0.3 is 10.1 Å². The number of benzene rings is 1. The lowest BCUT2D eigenvalue weighted by atomic mass is 10.1. The van der Waals surface area contributed by atoms with Gasteiger partial charge in [-0.2, -0.15) is 5.26 Å². The maximum Gasteiger partial charge on any atom is 0.308 e. The van der Waals surface area contributed by atoms with Gasteiger partial charge in [0.15, 0.2) is 0 Å². The zero-order chi connectivity index (χ0) is 17.3. The predicted molar refractivity (Wildman–Crippen MR) is 88.2 cm³/mol. The van der Waals surface area contributed by atoms with E-state index in [1.807, 2.05) is 0 Å². The van der Waals surface area contributed by atoms with Gasteiger partial charge in [-0.3, -0.25) is 9.78 Å². The van der Waals surface area contributed by atoms with E-state index < -0.39 is 5.82 Å². The van der Waals surface area contributed by atoms with Crippen molar-refractivity contribution in [3.05, 3.63) is 34.7 Å². The van der Waals surface area contributed by atoms with Crippen LogP contribution in [-0.4, -0.2) is 24.1 Å². The molecule has 3 rings (SSSR count). The number of pyridine rings is 1. The van der Waals surface area contributed by atoms with Crippen molar-refractivity contribution >= 4 is 34.2 Å². The summed E-state index contributed by atoms with van der Waals surface area (Å²) in [6.45, 7) is 0. The van der Waals surface area contributed by atoms with Gasteiger partial charge >= 0.3 is 5.97 Å². The number of nitrogens with zero attached hydrogens (tertiary/aromatic N) is 2. The molecule has 0 spiro atoms. The molecule has 1 heterocycles. The van der Waals surface area contributed by atoms with Crippen molar-refractivity contribution in [3.63, 3.8) is 0 Å². The first-order valence-corrected chi connectivity index (χ1v) is 7.94. The molecule has 0 aliphatic heterocycles. The van der Waals surface area contributed by atoms with E-state index >= 15 is 0 Å². The Bertz CT molecular complexity index is 850. The number of rotatable bonds is 3. The lowest BCUT2D eigenvalue weighted by Crippen LogP contribution is -2.19. The Balaban J connectivity index is 1.99. The number of aromatic nitrogens is 1. The molecule has 1 N–H and O–H groups in total. The summed E-state index contributed by atoms with van der Waals surface area (Å²) in [6.07, 6.45) is 3.38. The highest BCUT2D eigenvalue weighted by Crippen LogP contribution is 2.36. The average Bonchev–Trinajstić information content (AvgIpc) is 3.06. The second kappa shape index (κ2) is 6.62. The monoisotopic (exact) mass is 347 g/mol. The minimum atomic E-state index is -0.499. The molecule has 1 aromatic heterocycles. The van der Waals surface area contributed by atoms with Crippen molar-refractivity contribution in [2.45, 2.75) is 25.3 Å². The van der Waals surface area contributed by atoms with E-state index in [0.29, 0.717) is 28.9 Å². The van der Waals surface area contributed by atoms with Crippen molar-refractivity contribution in [2.75, 3.05) is 12.4 Å². The van der Waals surface area contributed by atoms with Gasteiger partial charge in [0.25, 0.3) is 0 Å². The van der Waals surface area contributed by atoms with Gasteiger partial charge in [-0.15, -0.1) is 0 Å². The second-order valence-electron chi connectivity index (χ2n) is 5.79. The molecule has 0 bridgehead atoms. The quantitative estimate of drug-likeness (QED) is 0.858. The molecule has 1 fully saturated rings. The van der Waals surface area contributed by atoms with Crippen LogP contribution in [0.4, 0.5) is 10.1 Å². The van der Waals surface area contributed by atoms with Crippen molar-refractivity contribution in [1.29, 1.82) is 5.26 Å². The van der Waals surface area contributed by atoms with Crippen molar-refractivity contribution in [1.82, 2.24) is 4.98 Å². The Morgan fingerprint density at radius 1 is 1.50 bits per heavy atom. The van der Waals surface area contributed by atoms with Gasteiger partial charge in [0.1, 0.15) is 17.4 Å². The molecule has 124 valence electrons.